The molecule has 0 saturated carbocycles. The summed E-state index contributed by atoms with van der Waals surface area (Å²) in [5.41, 5.74) is 0.728. The summed E-state index contributed by atoms with van der Waals surface area (Å²) in [7, 11) is 4.05. The molecule has 1 aromatic rings. The lowest BCUT2D eigenvalue weighted by Gasteiger charge is -2.22. The number of rotatable bonds is 7. The van der Waals surface area contributed by atoms with Gasteiger partial charge in [0.2, 0.25) is 0 Å². The maximum Gasteiger partial charge on any atom is 0.182 e. The Labute approximate surface area is 135 Å². The van der Waals surface area contributed by atoms with E-state index in [1.807, 2.05) is 18.8 Å². The molecule has 0 unspecified atom stereocenters. The van der Waals surface area contributed by atoms with Crippen molar-refractivity contribution in [1.29, 1.82) is 0 Å². The molecule has 118 valence electrons. The molecule has 1 fully saturated rings. The van der Waals surface area contributed by atoms with Crippen LogP contribution in [0.15, 0.2) is 10.7 Å². The first-order valence-corrected chi connectivity index (χ1v) is 8.47. The number of nitrogens with zero attached hydrogens (tertiary/aromatic N) is 3. The molecular formula is C15H25BrN4O. The van der Waals surface area contributed by atoms with Crippen LogP contribution in [0.3, 0.4) is 0 Å². The fraction of sp³-hybridized carbons (Fsp3) is 0.733. The van der Waals surface area contributed by atoms with Gasteiger partial charge in [0.15, 0.2) is 5.78 Å². The van der Waals surface area contributed by atoms with Crippen LogP contribution in [0.5, 0.6) is 0 Å². The molecule has 0 radical (unpaired) electrons. The fourth-order valence-corrected chi connectivity index (χ4v) is 3.25. The highest BCUT2D eigenvalue weighted by Crippen LogP contribution is 2.22. The van der Waals surface area contributed by atoms with Crippen LogP contribution in [0.4, 0.5) is 0 Å². The predicted molar refractivity (Wildman–Crippen MR) is 87.6 cm³/mol. The third kappa shape index (κ3) is 4.90. The Morgan fingerprint density at radius 2 is 2.19 bits per heavy atom. The standard InChI is InChI=1S/C15H25BrN4O/c1-19(2)9-10-20-15(13(16)11-18-20)14(21)4-3-12-5-7-17-8-6-12/h11-12,17H,3-10H2,1-2H3. The van der Waals surface area contributed by atoms with E-state index >= 15 is 0 Å². The normalized spacial score (nSPS) is 16.6. The Morgan fingerprint density at radius 3 is 2.86 bits per heavy atom. The van der Waals surface area contributed by atoms with Crippen molar-refractivity contribution in [2.75, 3.05) is 33.7 Å². The van der Waals surface area contributed by atoms with Gasteiger partial charge in [-0.25, -0.2) is 0 Å². The number of carbonyl (C=O) groups is 1. The maximum atomic E-state index is 12.5. The first-order valence-electron chi connectivity index (χ1n) is 7.68. The second kappa shape index (κ2) is 8.06. The van der Waals surface area contributed by atoms with Crippen LogP contribution < -0.4 is 5.32 Å². The summed E-state index contributed by atoms with van der Waals surface area (Å²) in [6.45, 7) is 3.79. The number of aromatic nitrogens is 2. The molecular weight excluding hydrogens is 332 g/mol. The average molecular weight is 357 g/mol. The molecule has 2 heterocycles. The molecule has 2 rings (SSSR count). The van der Waals surface area contributed by atoms with E-state index in [2.05, 4.69) is 31.2 Å². The highest BCUT2D eigenvalue weighted by molar-refractivity contribution is 9.10. The molecule has 6 heteroatoms. The van der Waals surface area contributed by atoms with Crippen molar-refractivity contribution in [3.05, 3.63) is 16.4 Å². The summed E-state index contributed by atoms with van der Waals surface area (Å²) in [4.78, 5) is 14.6. The largest absolute Gasteiger partial charge is 0.317 e. The Kier molecular flexibility index (Phi) is 6.39. The lowest BCUT2D eigenvalue weighted by Crippen LogP contribution is -2.28. The average Bonchev–Trinajstić information content (AvgIpc) is 2.85. The zero-order chi connectivity index (χ0) is 15.2. The van der Waals surface area contributed by atoms with Crippen molar-refractivity contribution in [3.8, 4) is 0 Å². The minimum absolute atomic E-state index is 0.205. The highest BCUT2D eigenvalue weighted by Gasteiger charge is 2.20. The van der Waals surface area contributed by atoms with Crippen LogP contribution in [0.2, 0.25) is 0 Å². The Balaban J connectivity index is 1.92. The minimum Gasteiger partial charge on any atom is -0.317 e. The van der Waals surface area contributed by atoms with E-state index in [1.165, 1.54) is 12.8 Å². The van der Waals surface area contributed by atoms with Crippen LogP contribution in [0.1, 0.15) is 36.2 Å². The zero-order valence-corrected chi connectivity index (χ0v) is 14.5. The second-order valence-corrected chi connectivity index (χ2v) is 6.88. The lowest BCUT2D eigenvalue weighted by atomic mass is 9.92. The SMILES string of the molecule is CN(C)CCn1ncc(Br)c1C(=O)CCC1CCNCC1. The van der Waals surface area contributed by atoms with Gasteiger partial charge in [-0.15, -0.1) is 0 Å². The number of hydrogen-bond donors (Lipinski definition) is 1. The summed E-state index contributed by atoms with van der Waals surface area (Å²) >= 11 is 3.46. The van der Waals surface area contributed by atoms with Crippen molar-refractivity contribution in [3.63, 3.8) is 0 Å². The van der Waals surface area contributed by atoms with Gasteiger partial charge in [-0.2, -0.15) is 5.10 Å². The van der Waals surface area contributed by atoms with Gasteiger partial charge in [-0.05, 0) is 68.3 Å². The topological polar surface area (TPSA) is 50.2 Å². The Hall–Kier alpha value is -0.720. The van der Waals surface area contributed by atoms with Crippen LogP contribution in [-0.4, -0.2) is 54.2 Å². The third-order valence-corrected chi connectivity index (χ3v) is 4.64. The van der Waals surface area contributed by atoms with E-state index < -0.39 is 0 Å². The second-order valence-electron chi connectivity index (χ2n) is 6.02. The maximum absolute atomic E-state index is 12.5. The number of nitrogens with one attached hydrogen (secondary N) is 1. The van der Waals surface area contributed by atoms with Crippen LogP contribution in [-0.2, 0) is 6.54 Å². The Morgan fingerprint density at radius 1 is 1.48 bits per heavy atom. The molecule has 1 aliphatic rings. The summed E-state index contributed by atoms with van der Waals surface area (Å²) < 4.78 is 2.64. The molecule has 21 heavy (non-hydrogen) atoms. The van der Waals surface area contributed by atoms with Crippen LogP contribution >= 0.6 is 15.9 Å². The van der Waals surface area contributed by atoms with Crippen LogP contribution in [0, 0.1) is 5.92 Å². The van der Waals surface area contributed by atoms with E-state index in [9.17, 15) is 4.79 Å². The number of hydrogen-bond acceptors (Lipinski definition) is 4. The number of halogens is 1. The molecule has 1 saturated heterocycles. The summed E-state index contributed by atoms with van der Waals surface area (Å²) in [5.74, 6) is 0.892. The molecule has 0 aliphatic carbocycles. The van der Waals surface area contributed by atoms with Gasteiger partial charge in [-0.1, -0.05) is 0 Å². The van der Waals surface area contributed by atoms with Gasteiger partial charge < -0.3 is 10.2 Å². The third-order valence-electron chi connectivity index (χ3n) is 4.06. The molecule has 0 amide bonds. The summed E-state index contributed by atoms with van der Waals surface area (Å²) in [5, 5.41) is 7.68. The van der Waals surface area contributed by atoms with Gasteiger partial charge in [0.25, 0.3) is 0 Å². The van der Waals surface area contributed by atoms with Crippen LogP contribution in [0.25, 0.3) is 0 Å². The van der Waals surface area contributed by atoms with Crippen molar-refractivity contribution in [2.24, 2.45) is 5.92 Å². The number of Topliss-reactive ketones (excluding diaryl/α,β-unsaturated/α-hetero) is 1. The summed E-state index contributed by atoms with van der Waals surface area (Å²) in [6.07, 6.45) is 5.72. The number of piperidine rings is 1. The Bertz CT molecular complexity index is 466. The lowest BCUT2D eigenvalue weighted by molar-refractivity contribution is 0.0958. The van der Waals surface area contributed by atoms with Gasteiger partial charge in [0, 0.05) is 13.0 Å². The van der Waals surface area contributed by atoms with E-state index in [4.69, 9.17) is 0 Å². The van der Waals surface area contributed by atoms with Gasteiger partial charge in [0.1, 0.15) is 5.69 Å². The predicted octanol–water partition coefficient (Wildman–Crippen LogP) is 2.17. The molecule has 0 atom stereocenters. The number of carbonyl (C=O) groups excluding carboxylic acids is 1. The fourth-order valence-electron chi connectivity index (χ4n) is 2.73. The van der Waals surface area contributed by atoms with Crippen molar-refractivity contribution in [1.82, 2.24) is 20.0 Å². The van der Waals surface area contributed by atoms with E-state index in [0.717, 1.165) is 42.8 Å². The molecule has 0 bridgehead atoms. The molecule has 0 aromatic carbocycles. The minimum atomic E-state index is 0.205. The monoisotopic (exact) mass is 356 g/mol. The first kappa shape index (κ1) is 16.6. The number of ketones is 1. The molecule has 1 N–H and O–H groups in total. The van der Waals surface area contributed by atoms with Crippen molar-refractivity contribution >= 4 is 21.7 Å². The van der Waals surface area contributed by atoms with Gasteiger partial charge >= 0.3 is 0 Å². The smallest absolute Gasteiger partial charge is 0.182 e. The summed E-state index contributed by atoms with van der Waals surface area (Å²) in [6, 6.07) is 0. The van der Waals surface area contributed by atoms with E-state index in [1.54, 1.807) is 6.20 Å². The molecule has 1 aliphatic heterocycles. The van der Waals surface area contributed by atoms with Gasteiger partial charge in [0.05, 0.1) is 17.2 Å². The first-order chi connectivity index (χ1) is 10.1. The van der Waals surface area contributed by atoms with Gasteiger partial charge in [-0.3, -0.25) is 9.48 Å². The quantitative estimate of drug-likeness (QED) is 0.760. The molecule has 0 spiro atoms. The highest BCUT2D eigenvalue weighted by atomic mass is 79.9. The molecule has 1 aromatic heterocycles. The van der Waals surface area contributed by atoms with Crippen molar-refractivity contribution in [2.45, 2.75) is 32.2 Å². The van der Waals surface area contributed by atoms with E-state index in [0.29, 0.717) is 12.3 Å². The molecule has 5 nitrogen and oxygen atoms in total. The number of likely N-dealkylation sites (N-methyl/N-ethyl adjacent to an activating group) is 1. The zero-order valence-electron chi connectivity index (χ0n) is 12.9. The van der Waals surface area contributed by atoms with E-state index in [-0.39, 0.29) is 5.78 Å². The van der Waals surface area contributed by atoms with Crippen molar-refractivity contribution < 1.29 is 4.79 Å².